The maximum Gasteiger partial charge on any atom is 0.254 e. The fourth-order valence-electron chi connectivity index (χ4n) is 3.62. The topological polar surface area (TPSA) is 131 Å². The molecule has 0 radical (unpaired) electrons. The first-order valence-electron chi connectivity index (χ1n) is 10.3. The predicted molar refractivity (Wildman–Crippen MR) is 121 cm³/mol. The first-order chi connectivity index (χ1) is 15.9. The molecule has 4 rings (SSSR count). The van der Waals surface area contributed by atoms with Crippen LogP contribution in [0.2, 0.25) is 0 Å². The lowest BCUT2D eigenvalue weighted by atomic mass is 10.1. The van der Waals surface area contributed by atoms with Crippen molar-refractivity contribution in [3.05, 3.63) is 66.9 Å². The highest BCUT2D eigenvalue weighted by Gasteiger charge is 2.24. The number of hydrogen-bond donors (Lipinski definition) is 3. The van der Waals surface area contributed by atoms with Crippen LogP contribution in [0.4, 0.5) is 27.5 Å². The number of halogens is 1. The van der Waals surface area contributed by atoms with E-state index in [4.69, 9.17) is 5.73 Å². The predicted octanol–water partition coefficient (Wildman–Crippen LogP) is 2.75. The van der Waals surface area contributed by atoms with E-state index < -0.39 is 5.91 Å². The first-order valence-corrected chi connectivity index (χ1v) is 10.3. The van der Waals surface area contributed by atoms with Crippen molar-refractivity contribution in [1.82, 2.24) is 24.6 Å². The average molecular weight is 450 g/mol. The number of carbonyl (C=O) groups is 2. The summed E-state index contributed by atoms with van der Waals surface area (Å²) in [5, 5.41) is 10.4. The quantitative estimate of drug-likeness (QED) is 0.472. The Kier molecular flexibility index (Phi) is 6.29. The summed E-state index contributed by atoms with van der Waals surface area (Å²) in [7, 11) is 0. The summed E-state index contributed by atoms with van der Waals surface area (Å²) in [6, 6.07) is 5.66. The molecule has 1 aliphatic rings. The molecule has 0 bridgehead atoms. The zero-order valence-electron chi connectivity index (χ0n) is 17.7. The van der Waals surface area contributed by atoms with Gasteiger partial charge in [0.25, 0.3) is 5.91 Å². The van der Waals surface area contributed by atoms with E-state index in [1.54, 1.807) is 15.8 Å². The van der Waals surface area contributed by atoms with Gasteiger partial charge in [0, 0.05) is 31.2 Å². The van der Waals surface area contributed by atoms with Crippen LogP contribution in [0, 0.1) is 5.82 Å². The Hall–Kier alpha value is -4.28. The smallest absolute Gasteiger partial charge is 0.254 e. The Labute approximate surface area is 189 Å². The van der Waals surface area contributed by atoms with Crippen molar-refractivity contribution in [2.24, 2.45) is 5.73 Å². The van der Waals surface area contributed by atoms with Crippen LogP contribution < -0.4 is 16.4 Å². The molecule has 1 unspecified atom stereocenters. The molecule has 10 nitrogen and oxygen atoms in total. The first kappa shape index (κ1) is 21.9. The number of nitrogens with zero attached hydrogens (tertiary/aromatic N) is 5. The molecule has 2 aromatic heterocycles. The van der Waals surface area contributed by atoms with Gasteiger partial charge in [-0.05, 0) is 43.2 Å². The lowest BCUT2D eigenvalue weighted by molar-refractivity contribution is -0.127. The summed E-state index contributed by atoms with van der Waals surface area (Å²) in [5.74, 6) is -0.766. The van der Waals surface area contributed by atoms with Crippen molar-refractivity contribution in [2.45, 2.75) is 18.9 Å². The number of anilines is 4. The molecule has 1 fully saturated rings. The fraction of sp³-hybridized carbons (Fsp3) is 0.227. The minimum Gasteiger partial charge on any atom is -0.365 e. The van der Waals surface area contributed by atoms with Crippen LogP contribution >= 0.6 is 0 Å². The van der Waals surface area contributed by atoms with E-state index in [9.17, 15) is 14.0 Å². The molecule has 1 aliphatic heterocycles. The largest absolute Gasteiger partial charge is 0.365 e. The van der Waals surface area contributed by atoms with E-state index in [0.29, 0.717) is 24.5 Å². The number of benzene rings is 1. The molecule has 1 atom stereocenters. The summed E-state index contributed by atoms with van der Waals surface area (Å²) in [6.45, 7) is 4.81. The number of rotatable bonds is 7. The zero-order valence-corrected chi connectivity index (χ0v) is 17.7. The van der Waals surface area contributed by atoms with E-state index in [2.05, 4.69) is 32.3 Å². The molecule has 33 heavy (non-hydrogen) atoms. The molecule has 0 aliphatic carbocycles. The molecule has 1 aromatic carbocycles. The molecule has 170 valence electrons. The number of nitrogens with one attached hydrogen (secondary N) is 2. The third kappa shape index (κ3) is 5.14. The maximum atomic E-state index is 13.2. The van der Waals surface area contributed by atoms with Crippen LogP contribution in [0.25, 0.3) is 0 Å². The SMILES string of the molecule is C=CC(=O)N1CCCC(n2cc(Nc3ncc(C(N)=O)c(Nc4ccc(F)cc4)n3)cn2)C1. The molecule has 4 N–H and O–H groups in total. The van der Waals surface area contributed by atoms with Gasteiger partial charge in [-0.25, -0.2) is 9.37 Å². The summed E-state index contributed by atoms with van der Waals surface area (Å²) in [6.07, 6.45) is 7.86. The summed E-state index contributed by atoms with van der Waals surface area (Å²) in [4.78, 5) is 34.0. The zero-order chi connectivity index (χ0) is 23.4. The molecule has 2 amide bonds. The molecular weight excluding hydrogens is 427 g/mol. The van der Waals surface area contributed by atoms with Crippen molar-refractivity contribution in [3.8, 4) is 0 Å². The lowest BCUT2D eigenvalue weighted by Gasteiger charge is -2.32. The van der Waals surface area contributed by atoms with Gasteiger partial charge in [-0.15, -0.1) is 0 Å². The standard InChI is InChI=1S/C22H23FN8O2/c1-2-19(32)30-9-3-4-17(13-30)31-12-16(10-26-31)28-22-25-11-18(20(24)33)21(29-22)27-15-7-5-14(23)6-8-15/h2,5-8,10-12,17H,1,3-4,9,13H2,(H2,24,33)(H2,25,27,28,29). The third-order valence-electron chi connectivity index (χ3n) is 5.28. The molecular formula is C22H23FN8O2. The van der Waals surface area contributed by atoms with Gasteiger partial charge in [-0.2, -0.15) is 10.1 Å². The summed E-state index contributed by atoms with van der Waals surface area (Å²) in [5.41, 5.74) is 6.70. The van der Waals surface area contributed by atoms with Crippen molar-refractivity contribution in [3.63, 3.8) is 0 Å². The highest BCUT2D eigenvalue weighted by molar-refractivity contribution is 5.98. The van der Waals surface area contributed by atoms with E-state index >= 15 is 0 Å². The highest BCUT2D eigenvalue weighted by Crippen LogP contribution is 2.25. The monoisotopic (exact) mass is 450 g/mol. The van der Waals surface area contributed by atoms with Crippen LogP contribution in [0.1, 0.15) is 29.2 Å². The van der Waals surface area contributed by atoms with Gasteiger partial charge in [0.1, 0.15) is 17.2 Å². The molecule has 3 aromatic rings. The second-order valence-electron chi connectivity index (χ2n) is 7.57. The van der Waals surface area contributed by atoms with Crippen LogP contribution in [0.3, 0.4) is 0 Å². The van der Waals surface area contributed by atoms with Crippen LogP contribution in [-0.2, 0) is 4.79 Å². The van der Waals surface area contributed by atoms with Crippen LogP contribution in [0.5, 0.6) is 0 Å². The minimum absolute atomic E-state index is 0.0482. The molecule has 1 saturated heterocycles. The lowest BCUT2D eigenvalue weighted by Crippen LogP contribution is -2.39. The molecule has 0 spiro atoms. The van der Waals surface area contributed by atoms with Gasteiger partial charge in [0.05, 0.1) is 17.9 Å². The van der Waals surface area contributed by atoms with Crippen molar-refractivity contribution in [1.29, 1.82) is 0 Å². The third-order valence-corrected chi connectivity index (χ3v) is 5.28. The Morgan fingerprint density at radius 3 is 2.70 bits per heavy atom. The van der Waals surface area contributed by atoms with E-state index in [0.717, 1.165) is 12.8 Å². The van der Waals surface area contributed by atoms with Gasteiger partial charge in [0.2, 0.25) is 11.9 Å². The number of carbonyl (C=O) groups excluding carboxylic acids is 2. The summed E-state index contributed by atoms with van der Waals surface area (Å²) >= 11 is 0. The fourth-order valence-corrected chi connectivity index (χ4v) is 3.62. The Bertz CT molecular complexity index is 1180. The second-order valence-corrected chi connectivity index (χ2v) is 7.57. The number of likely N-dealkylation sites (tertiary alicyclic amines) is 1. The van der Waals surface area contributed by atoms with Gasteiger partial charge in [0.15, 0.2) is 0 Å². The average Bonchev–Trinajstić information content (AvgIpc) is 3.28. The Balaban J connectivity index is 1.50. The van der Waals surface area contributed by atoms with Gasteiger partial charge in [-0.1, -0.05) is 6.58 Å². The van der Waals surface area contributed by atoms with E-state index in [-0.39, 0.29) is 35.1 Å². The number of nitrogens with two attached hydrogens (primary N) is 1. The number of primary amides is 1. The second kappa shape index (κ2) is 9.47. The number of hydrogen-bond acceptors (Lipinski definition) is 7. The van der Waals surface area contributed by atoms with Crippen LogP contribution in [0.15, 0.2) is 55.5 Å². The minimum atomic E-state index is -0.699. The molecule has 3 heterocycles. The number of piperidine rings is 1. The number of aromatic nitrogens is 4. The van der Waals surface area contributed by atoms with Gasteiger partial charge >= 0.3 is 0 Å². The normalized spacial score (nSPS) is 15.7. The van der Waals surface area contributed by atoms with Crippen molar-refractivity contribution in [2.75, 3.05) is 23.7 Å². The Morgan fingerprint density at radius 2 is 1.97 bits per heavy atom. The number of amides is 2. The molecule has 0 saturated carbocycles. The summed E-state index contributed by atoms with van der Waals surface area (Å²) < 4.78 is 15.0. The van der Waals surface area contributed by atoms with Crippen molar-refractivity contribution < 1.29 is 14.0 Å². The maximum absolute atomic E-state index is 13.2. The van der Waals surface area contributed by atoms with E-state index in [1.165, 1.54) is 36.5 Å². The van der Waals surface area contributed by atoms with Gasteiger partial charge < -0.3 is 21.3 Å². The van der Waals surface area contributed by atoms with Crippen molar-refractivity contribution >= 4 is 35.0 Å². The van der Waals surface area contributed by atoms with Crippen LogP contribution in [-0.4, -0.2) is 49.6 Å². The highest BCUT2D eigenvalue weighted by atomic mass is 19.1. The Morgan fingerprint density at radius 1 is 1.18 bits per heavy atom. The van der Waals surface area contributed by atoms with E-state index in [1.807, 2.05) is 6.20 Å². The molecule has 11 heteroatoms. The van der Waals surface area contributed by atoms with Gasteiger partial charge in [-0.3, -0.25) is 14.3 Å².